The van der Waals surface area contributed by atoms with Gasteiger partial charge in [0, 0.05) is 35.2 Å². The van der Waals surface area contributed by atoms with Crippen LogP contribution in [0.3, 0.4) is 0 Å². The van der Waals surface area contributed by atoms with E-state index in [9.17, 15) is 4.79 Å². The Morgan fingerprint density at radius 3 is 2.85 bits per heavy atom. The third-order valence-corrected chi connectivity index (χ3v) is 8.66. The Morgan fingerprint density at radius 1 is 1.22 bits per heavy atom. The van der Waals surface area contributed by atoms with E-state index in [-0.39, 0.29) is 12.1 Å². The van der Waals surface area contributed by atoms with Crippen molar-refractivity contribution in [1.29, 1.82) is 0 Å². The van der Waals surface area contributed by atoms with Crippen LogP contribution in [0.15, 0.2) is 41.8 Å². The third kappa shape index (κ3) is 5.22. The first-order valence-electron chi connectivity index (χ1n) is 9.31. The summed E-state index contributed by atoms with van der Waals surface area (Å²) in [5, 5.41) is 5.16. The number of ether oxygens (including phenoxy) is 1. The van der Waals surface area contributed by atoms with E-state index < -0.39 is 0 Å². The minimum Gasteiger partial charge on any atom is -0.376 e. The Bertz CT molecular complexity index is 741. The maximum Gasteiger partial charge on any atom is 0.322 e. The molecule has 2 saturated heterocycles. The lowest BCUT2D eigenvalue weighted by Gasteiger charge is -2.25. The quantitative estimate of drug-likeness (QED) is 0.676. The van der Waals surface area contributed by atoms with Gasteiger partial charge in [0.25, 0.3) is 0 Å². The first-order valence-corrected chi connectivity index (χ1v) is 12.3. The average Bonchev–Trinajstić information content (AvgIpc) is 3.45. The molecule has 7 heteroatoms. The number of benzene rings is 1. The number of amides is 2. The average molecular weight is 421 g/mol. The van der Waals surface area contributed by atoms with Gasteiger partial charge in [-0.25, -0.2) is 4.79 Å². The van der Waals surface area contributed by atoms with E-state index >= 15 is 0 Å². The molecule has 0 saturated carbocycles. The zero-order chi connectivity index (χ0) is 18.5. The van der Waals surface area contributed by atoms with Gasteiger partial charge in [0.05, 0.1) is 17.2 Å². The van der Waals surface area contributed by atoms with Crippen LogP contribution in [0.2, 0.25) is 0 Å². The smallest absolute Gasteiger partial charge is 0.322 e. The molecule has 1 atom stereocenters. The lowest BCUT2D eigenvalue weighted by atomic mass is 10.2. The van der Waals surface area contributed by atoms with Crippen LogP contribution < -0.4 is 5.32 Å². The summed E-state index contributed by atoms with van der Waals surface area (Å²) in [6.45, 7) is 2.06. The van der Waals surface area contributed by atoms with Gasteiger partial charge in [-0.2, -0.15) is 0 Å². The third-order valence-electron chi connectivity index (χ3n) is 4.69. The molecule has 0 spiro atoms. The number of thioether (sulfide) groups is 2. The monoisotopic (exact) mass is 420 g/mol. The van der Waals surface area contributed by atoms with Crippen LogP contribution in [0.1, 0.15) is 27.9 Å². The lowest BCUT2D eigenvalue weighted by molar-refractivity contribution is 0.0821. The first kappa shape index (κ1) is 19.2. The SMILES string of the molecule is O=C(Nc1cccc(C2SCCS2)c1)N(Cc1cccs1)CC1CCCO1. The molecule has 1 aromatic carbocycles. The number of anilines is 1. The Hall–Kier alpha value is -1.15. The standard InChI is InChI=1S/C20H24N2O2S3/c23-20(21-16-5-1-4-15(12-16)19-26-10-11-27-19)22(13-17-6-2-8-24-17)14-18-7-3-9-25-18/h1,3-5,7,9,12,17,19H,2,6,8,10-11,13-14H2,(H,21,23). The van der Waals surface area contributed by atoms with E-state index in [1.807, 2.05) is 46.6 Å². The molecule has 0 radical (unpaired) electrons. The van der Waals surface area contributed by atoms with E-state index in [4.69, 9.17) is 4.74 Å². The molecule has 1 unspecified atom stereocenters. The van der Waals surface area contributed by atoms with Crippen molar-refractivity contribution < 1.29 is 9.53 Å². The normalized spacial score (nSPS) is 20.1. The van der Waals surface area contributed by atoms with Crippen molar-refractivity contribution in [2.75, 3.05) is 30.0 Å². The van der Waals surface area contributed by atoms with Crippen molar-refractivity contribution in [1.82, 2.24) is 4.90 Å². The molecular weight excluding hydrogens is 396 g/mol. The second-order valence-electron chi connectivity index (χ2n) is 6.72. The molecule has 3 heterocycles. The summed E-state index contributed by atoms with van der Waals surface area (Å²) in [5.41, 5.74) is 2.15. The largest absolute Gasteiger partial charge is 0.376 e. The van der Waals surface area contributed by atoms with Crippen molar-refractivity contribution >= 4 is 46.6 Å². The predicted octanol–water partition coefficient (Wildman–Crippen LogP) is 5.44. The number of hydrogen-bond donors (Lipinski definition) is 1. The molecule has 2 fully saturated rings. The van der Waals surface area contributed by atoms with Crippen LogP contribution in [0.25, 0.3) is 0 Å². The van der Waals surface area contributed by atoms with E-state index in [1.54, 1.807) is 11.3 Å². The maximum absolute atomic E-state index is 13.0. The zero-order valence-electron chi connectivity index (χ0n) is 15.1. The Kier molecular flexibility index (Phi) is 6.65. The van der Waals surface area contributed by atoms with Crippen molar-refractivity contribution in [3.05, 3.63) is 52.2 Å². The second-order valence-corrected chi connectivity index (χ2v) is 10.5. The summed E-state index contributed by atoms with van der Waals surface area (Å²) in [4.78, 5) is 16.1. The van der Waals surface area contributed by atoms with Crippen molar-refractivity contribution in [3.8, 4) is 0 Å². The Labute approximate surface area is 173 Å². The van der Waals surface area contributed by atoms with E-state index in [1.165, 1.54) is 21.9 Å². The molecule has 144 valence electrons. The van der Waals surface area contributed by atoms with E-state index in [2.05, 4.69) is 28.9 Å². The summed E-state index contributed by atoms with van der Waals surface area (Å²) in [5.74, 6) is 2.39. The minimum atomic E-state index is -0.0530. The fourth-order valence-corrected chi connectivity index (χ4v) is 6.92. The molecule has 1 aromatic heterocycles. The van der Waals surface area contributed by atoms with Gasteiger partial charge < -0.3 is 15.0 Å². The zero-order valence-corrected chi connectivity index (χ0v) is 17.6. The van der Waals surface area contributed by atoms with Gasteiger partial charge in [-0.15, -0.1) is 34.9 Å². The molecule has 1 N–H and O–H groups in total. The van der Waals surface area contributed by atoms with E-state index in [0.717, 1.165) is 25.1 Å². The van der Waals surface area contributed by atoms with Crippen LogP contribution in [-0.2, 0) is 11.3 Å². The summed E-state index contributed by atoms with van der Waals surface area (Å²) < 4.78 is 6.25. The van der Waals surface area contributed by atoms with Crippen molar-refractivity contribution in [3.63, 3.8) is 0 Å². The summed E-state index contributed by atoms with van der Waals surface area (Å²) >= 11 is 5.64. The van der Waals surface area contributed by atoms with Gasteiger partial charge in [-0.05, 0) is 42.0 Å². The maximum atomic E-state index is 13.0. The number of urea groups is 1. The van der Waals surface area contributed by atoms with Crippen LogP contribution in [0, 0.1) is 0 Å². The number of carbonyl (C=O) groups excluding carboxylic acids is 1. The van der Waals surface area contributed by atoms with Gasteiger partial charge in [-0.1, -0.05) is 18.2 Å². The topological polar surface area (TPSA) is 41.6 Å². The number of thiophene rings is 1. The highest BCUT2D eigenvalue weighted by Gasteiger charge is 2.24. The van der Waals surface area contributed by atoms with Gasteiger partial charge in [-0.3, -0.25) is 0 Å². The molecule has 27 heavy (non-hydrogen) atoms. The second kappa shape index (κ2) is 9.37. The molecule has 4 nitrogen and oxygen atoms in total. The number of rotatable bonds is 6. The Morgan fingerprint density at radius 2 is 2.11 bits per heavy atom. The molecular formula is C20H24N2O2S3. The van der Waals surface area contributed by atoms with Gasteiger partial charge >= 0.3 is 6.03 Å². The van der Waals surface area contributed by atoms with Crippen LogP contribution in [-0.4, -0.2) is 41.7 Å². The summed E-state index contributed by atoms with van der Waals surface area (Å²) in [6, 6.07) is 12.3. The highest BCUT2D eigenvalue weighted by atomic mass is 32.2. The fraction of sp³-hybridized carbons (Fsp3) is 0.450. The van der Waals surface area contributed by atoms with Gasteiger partial charge in [0.15, 0.2) is 0 Å². The molecule has 2 aliphatic rings. The Balaban J connectivity index is 1.44. The van der Waals surface area contributed by atoms with E-state index in [0.29, 0.717) is 17.7 Å². The van der Waals surface area contributed by atoms with Gasteiger partial charge in [0.2, 0.25) is 0 Å². The van der Waals surface area contributed by atoms with Gasteiger partial charge in [0.1, 0.15) is 0 Å². The summed E-state index contributed by atoms with van der Waals surface area (Å²) in [6.07, 6.45) is 2.26. The highest BCUT2D eigenvalue weighted by Crippen LogP contribution is 2.45. The summed E-state index contributed by atoms with van der Waals surface area (Å²) in [7, 11) is 0. The number of carbonyl (C=O) groups is 1. The number of hydrogen-bond acceptors (Lipinski definition) is 5. The molecule has 2 aromatic rings. The molecule has 0 aliphatic carbocycles. The highest BCUT2D eigenvalue weighted by molar-refractivity contribution is 8.19. The molecule has 4 rings (SSSR count). The predicted molar refractivity (Wildman–Crippen MR) is 117 cm³/mol. The van der Waals surface area contributed by atoms with Crippen LogP contribution in [0.5, 0.6) is 0 Å². The molecule has 2 amide bonds. The fourth-order valence-electron chi connectivity index (χ4n) is 3.36. The van der Waals surface area contributed by atoms with Crippen LogP contribution >= 0.6 is 34.9 Å². The van der Waals surface area contributed by atoms with Crippen LogP contribution in [0.4, 0.5) is 10.5 Å². The number of nitrogens with zero attached hydrogens (tertiary/aromatic N) is 1. The minimum absolute atomic E-state index is 0.0530. The molecule has 0 bridgehead atoms. The molecule has 2 aliphatic heterocycles. The number of nitrogens with one attached hydrogen (secondary N) is 1. The van der Waals surface area contributed by atoms with Crippen molar-refractivity contribution in [2.45, 2.75) is 30.1 Å². The first-order chi connectivity index (χ1) is 13.3. The lowest BCUT2D eigenvalue weighted by Crippen LogP contribution is -2.39. The van der Waals surface area contributed by atoms with Crippen molar-refractivity contribution in [2.24, 2.45) is 0 Å².